The summed E-state index contributed by atoms with van der Waals surface area (Å²) >= 11 is 0. The number of nitrogens with zero attached hydrogens (tertiary/aromatic N) is 2. The summed E-state index contributed by atoms with van der Waals surface area (Å²) in [6, 6.07) is 20.9. The van der Waals surface area contributed by atoms with Crippen molar-refractivity contribution >= 4 is 16.4 Å². The number of imidazole rings is 1. The molecule has 0 aliphatic rings. The highest BCUT2D eigenvalue weighted by Crippen LogP contribution is 2.24. The molecule has 0 atom stereocenters. The second kappa shape index (κ2) is 3.95. The first kappa shape index (κ1) is 10.3. The zero-order chi connectivity index (χ0) is 12.7. The third kappa shape index (κ3) is 1.69. The van der Waals surface area contributed by atoms with Crippen molar-refractivity contribution in [3.8, 4) is 11.3 Å². The number of rotatable bonds is 1. The molecule has 2 aromatic heterocycles. The van der Waals surface area contributed by atoms with E-state index in [4.69, 9.17) is 0 Å². The fourth-order valence-corrected chi connectivity index (χ4v) is 2.42. The fourth-order valence-electron chi connectivity index (χ4n) is 2.42. The van der Waals surface area contributed by atoms with E-state index in [9.17, 15) is 0 Å². The van der Waals surface area contributed by atoms with Crippen molar-refractivity contribution in [2.45, 2.75) is 0 Å². The van der Waals surface area contributed by atoms with E-state index in [0.717, 1.165) is 16.9 Å². The van der Waals surface area contributed by atoms with Gasteiger partial charge in [-0.05, 0) is 29.0 Å². The molecule has 0 aliphatic heterocycles. The Balaban J connectivity index is 1.93. The molecule has 0 saturated carbocycles. The Hall–Kier alpha value is -2.61. The van der Waals surface area contributed by atoms with E-state index in [1.165, 1.54) is 10.8 Å². The average molecular weight is 244 g/mol. The van der Waals surface area contributed by atoms with Crippen molar-refractivity contribution in [1.82, 2.24) is 9.38 Å². The summed E-state index contributed by atoms with van der Waals surface area (Å²) < 4.78 is 2.05. The van der Waals surface area contributed by atoms with Gasteiger partial charge in [0.25, 0.3) is 0 Å². The molecule has 0 fully saturated rings. The Bertz CT molecular complexity index is 841. The van der Waals surface area contributed by atoms with Crippen LogP contribution in [0, 0.1) is 0 Å². The molecule has 0 radical (unpaired) electrons. The molecule has 2 aromatic carbocycles. The van der Waals surface area contributed by atoms with Gasteiger partial charge in [0.1, 0.15) is 5.65 Å². The van der Waals surface area contributed by atoms with E-state index in [1.54, 1.807) is 0 Å². The highest BCUT2D eigenvalue weighted by Gasteiger charge is 2.04. The Morgan fingerprint density at radius 1 is 0.789 bits per heavy atom. The molecule has 0 aliphatic carbocycles. The maximum atomic E-state index is 4.65. The van der Waals surface area contributed by atoms with Gasteiger partial charge in [0.05, 0.1) is 5.69 Å². The molecule has 2 heterocycles. The lowest BCUT2D eigenvalue weighted by Gasteiger charge is -2.00. The van der Waals surface area contributed by atoms with Crippen molar-refractivity contribution in [3.05, 3.63) is 73.1 Å². The zero-order valence-electron chi connectivity index (χ0n) is 10.3. The lowest BCUT2D eigenvalue weighted by atomic mass is 10.1. The molecule has 0 spiro atoms. The van der Waals surface area contributed by atoms with E-state index in [2.05, 4.69) is 53.6 Å². The second-order valence-electron chi connectivity index (χ2n) is 4.65. The lowest BCUT2D eigenvalue weighted by Crippen LogP contribution is -1.78. The molecule has 2 heteroatoms. The SMILES string of the molecule is c1ccc2cc(-c3cn4ccccc4n3)ccc2c1. The van der Waals surface area contributed by atoms with E-state index >= 15 is 0 Å². The predicted molar refractivity (Wildman–Crippen MR) is 78.1 cm³/mol. The molecule has 4 rings (SSSR count). The fraction of sp³-hybridized carbons (Fsp3) is 0. The van der Waals surface area contributed by atoms with Gasteiger partial charge in [-0.25, -0.2) is 4.98 Å². The van der Waals surface area contributed by atoms with Gasteiger partial charge in [0.2, 0.25) is 0 Å². The lowest BCUT2D eigenvalue weighted by molar-refractivity contribution is 1.19. The van der Waals surface area contributed by atoms with Crippen LogP contribution in [0.4, 0.5) is 0 Å². The van der Waals surface area contributed by atoms with Crippen molar-refractivity contribution in [3.63, 3.8) is 0 Å². The Kier molecular flexibility index (Phi) is 2.15. The summed E-state index contributed by atoms with van der Waals surface area (Å²) in [5.74, 6) is 0. The molecule has 4 aromatic rings. The van der Waals surface area contributed by atoms with Crippen LogP contribution in [0.3, 0.4) is 0 Å². The smallest absolute Gasteiger partial charge is 0.137 e. The summed E-state index contributed by atoms with van der Waals surface area (Å²) in [5, 5.41) is 2.51. The Morgan fingerprint density at radius 2 is 1.63 bits per heavy atom. The monoisotopic (exact) mass is 244 g/mol. The number of aromatic nitrogens is 2. The molecule has 0 saturated heterocycles. The van der Waals surface area contributed by atoms with Crippen LogP contribution in [0.25, 0.3) is 27.7 Å². The largest absolute Gasteiger partial charge is 0.306 e. The summed E-state index contributed by atoms with van der Waals surface area (Å²) in [4.78, 5) is 4.65. The van der Waals surface area contributed by atoms with Crippen LogP contribution in [0.5, 0.6) is 0 Å². The third-order valence-electron chi connectivity index (χ3n) is 3.41. The topological polar surface area (TPSA) is 17.3 Å². The Morgan fingerprint density at radius 3 is 2.53 bits per heavy atom. The molecule has 0 bridgehead atoms. The highest BCUT2D eigenvalue weighted by atomic mass is 15.0. The van der Waals surface area contributed by atoms with Crippen molar-refractivity contribution in [2.75, 3.05) is 0 Å². The maximum absolute atomic E-state index is 4.65. The van der Waals surface area contributed by atoms with Gasteiger partial charge < -0.3 is 4.40 Å². The first-order valence-corrected chi connectivity index (χ1v) is 6.33. The van der Waals surface area contributed by atoms with Crippen LogP contribution in [0.15, 0.2) is 73.1 Å². The number of hydrogen-bond donors (Lipinski definition) is 0. The standard InChI is InChI=1S/C17H12N2/c1-2-6-14-11-15(9-8-13(14)5-1)16-12-19-10-4-3-7-17(19)18-16/h1-12H. The molecule has 90 valence electrons. The third-order valence-corrected chi connectivity index (χ3v) is 3.41. The molecule has 0 N–H and O–H groups in total. The van der Waals surface area contributed by atoms with E-state index in [1.807, 2.05) is 28.8 Å². The minimum absolute atomic E-state index is 0.977. The minimum atomic E-state index is 0.977. The molecule has 0 unspecified atom stereocenters. The Labute approximate surface area is 111 Å². The van der Waals surface area contributed by atoms with Gasteiger partial charge in [0, 0.05) is 18.0 Å². The van der Waals surface area contributed by atoms with Crippen LogP contribution in [-0.4, -0.2) is 9.38 Å². The van der Waals surface area contributed by atoms with Crippen molar-refractivity contribution < 1.29 is 0 Å². The molecule has 19 heavy (non-hydrogen) atoms. The quantitative estimate of drug-likeness (QED) is 0.491. The van der Waals surface area contributed by atoms with Gasteiger partial charge in [-0.3, -0.25) is 0 Å². The van der Waals surface area contributed by atoms with Crippen LogP contribution in [-0.2, 0) is 0 Å². The summed E-state index contributed by atoms with van der Waals surface area (Å²) in [6.07, 6.45) is 4.09. The van der Waals surface area contributed by atoms with Crippen molar-refractivity contribution in [1.29, 1.82) is 0 Å². The van der Waals surface area contributed by atoms with Crippen LogP contribution < -0.4 is 0 Å². The van der Waals surface area contributed by atoms with Gasteiger partial charge in [0.15, 0.2) is 0 Å². The summed E-state index contributed by atoms with van der Waals surface area (Å²) in [7, 11) is 0. The number of fused-ring (bicyclic) bond motifs is 2. The van der Waals surface area contributed by atoms with Crippen LogP contribution in [0.2, 0.25) is 0 Å². The first-order valence-electron chi connectivity index (χ1n) is 6.33. The molecular formula is C17H12N2. The molecular weight excluding hydrogens is 232 g/mol. The summed E-state index contributed by atoms with van der Waals surface area (Å²) in [6.45, 7) is 0. The second-order valence-corrected chi connectivity index (χ2v) is 4.65. The van der Waals surface area contributed by atoms with Gasteiger partial charge >= 0.3 is 0 Å². The van der Waals surface area contributed by atoms with Gasteiger partial charge in [-0.1, -0.05) is 42.5 Å². The first-order chi connectivity index (χ1) is 9.40. The minimum Gasteiger partial charge on any atom is -0.306 e. The zero-order valence-corrected chi connectivity index (χ0v) is 10.3. The number of benzene rings is 2. The molecule has 0 amide bonds. The van der Waals surface area contributed by atoms with Gasteiger partial charge in [-0.15, -0.1) is 0 Å². The van der Waals surface area contributed by atoms with E-state index in [-0.39, 0.29) is 0 Å². The summed E-state index contributed by atoms with van der Waals surface area (Å²) in [5.41, 5.74) is 3.14. The number of hydrogen-bond acceptors (Lipinski definition) is 1. The maximum Gasteiger partial charge on any atom is 0.137 e. The number of pyridine rings is 1. The van der Waals surface area contributed by atoms with E-state index in [0.29, 0.717) is 0 Å². The van der Waals surface area contributed by atoms with Crippen LogP contribution in [0.1, 0.15) is 0 Å². The van der Waals surface area contributed by atoms with Gasteiger partial charge in [-0.2, -0.15) is 0 Å². The van der Waals surface area contributed by atoms with Crippen molar-refractivity contribution in [2.24, 2.45) is 0 Å². The van der Waals surface area contributed by atoms with Crippen LogP contribution >= 0.6 is 0 Å². The predicted octanol–water partition coefficient (Wildman–Crippen LogP) is 4.15. The average Bonchev–Trinajstić information content (AvgIpc) is 2.90. The normalized spacial score (nSPS) is 11.2. The van der Waals surface area contributed by atoms with E-state index < -0.39 is 0 Å². The highest BCUT2D eigenvalue weighted by molar-refractivity contribution is 5.86. The molecule has 2 nitrogen and oxygen atoms in total.